The molecule has 0 spiro atoms. The van der Waals surface area contributed by atoms with Gasteiger partial charge in [0, 0.05) is 16.6 Å². The van der Waals surface area contributed by atoms with Crippen LogP contribution in [0.3, 0.4) is 0 Å². The summed E-state index contributed by atoms with van der Waals surface area (Å²) in [6, 6.07) is 7.05. The highest BCUT2D eigenvalue weighted by molar-refractivity contribution is 9.10. The van der Waals surface area contributed by atoms with Crippen LogP contribution in [0.4, 0.5) is 5.69 Å². The van der Waals surface area contributed by atoms with Gasteiger partial charge in [0.1, 0.15) is 0 Å². The van der Waals surface area contributed by atoms with Crippen molar-refractivity contribution in [2.24, 2.45) is 0 Å². The Bertz CT molecular complexity index is 422. The zero-order valence-corrected chi connectivity index (χ0v) is 8.69. The summed E-state index contributed by atoms with van der Waals surface area (Å²) in [6.45, 7) is 0. The minimum absolute atomic E-state index is 0.298. The monoisotopic (exact) mass is 251 g/mol. The van der Waals surface area contributed by atoms with Crippen LogP contribution in [-0.4, -0.2) is 11.8 Å². The van der Waals surface area contributed by atoms with Crippen molar-refractivity contribution in [1.82, 2.24) is 0 Å². The second-order valence-electron chi connectivity index (χ2n) is 2.83. The molecule has 14 heavy (non-hydrogen) atoms. The van der Waals surface area contributed by atoms with Gasteiger partial charge in [-0.2, -0.15) is 0 Å². The minimum Gasteiger partial charge on any atom is -0.269 e. The second-order valence-corrected chi connectivity index (χ2v) is 3.74. The normalized spacial score (nSPS) is 15.4. The molecule has 1 aromatic carbocycles. The summed E-state index contributed by atoms with van der Waals surface area (Å²) < 4.78 is 0.836. The Morgan fingerprint density at radius 3 is 2.29 bits per heavy atom. The summed E-state index contributed by atoms with van der Waals surface area (Å²) in [5, 5.41) is 0. The predicted molar refractivity (Wildman–Crippen MR) is 55.8 cm³/mol. The van der Waals surface area contributed by atoms with E-state index in [9.17, 15) is 9.59 Å². The predicted octanol–water partition coefficient (Wildman–Crippen LogP) is 1.88. The van der Waals surface area contributed by atoms with Crippen LogP contribution in [0.25, 0.3) is 0 Å². The number of hydrogen-bond donors (Lipinski definition) is 0. The number of hydrogen-bond acceptors (Lipinski definition) is 2. The maximum Gasteiger partial charge on any atom is 0.258 e. The van der Waals surface area contributed by atoms with Gasteiger partial charge in [0.2, 0.25) is 0 Å². The number of anilines is 1. The molecule has 70 valence electrons. The average Bonchev–Trinajstić information content (AvgIpc) is 2.46. The van der Waals surface area contributed by atoms with Crippen LogP contribution in [0.5, 0.6) is 0 Å². The van der Waals surface area contributed by atoms with Crippen molar-refractivity contribution in [3.8, 4) is 0 Å². The molecule has 1 heterocycles. The van der Waals surface area contributed by atoms with E-state index in [-0.39, 0.29) is 11.8 Å². The van der Waals surface area contributed by atoms with Crippen molar-refractivity contribution in [3.05, 3.63) is 40.9 Å². The molecular formula is C10H6BrNO2. The van der Waals surface area contributed by atoms with Gasteiger partial charge < -0.3 is 0 Å². The van der Waals surface area contributed by atoms with Crippen molar-refractivity contribution in [1.29, 1.82) is 0 Å². The second kappa shape index (κ2) is 3.38. The Hall–Kier alpha value is -1.42. The van der Waals surface area contributed by atoms with E-state index in [2.05, 4.69) is 15.9 Å². The molecule has 4 heteroatoms. The molecule has 0 aromatic heterocycles. The first-order valence-electron chi connectivity index (χ1n) is 4.00. The summed E-state index contributed by atoms with van der Waals surface area (Å²) in [5.41, 5.74) is 0.583. The molecule has 3 nitrogen and oxygen atoms in total. The van der Waals surface area contributed by atoms with Gasteiger partial charge in [0.15, 0.2) is 0 Å². The van der Waals surface area contributed by atoms with Crippen molar-refractivity contribution in [3.63, 3.8) is 0 Å². The molecule has 1 aliphatic heterocycles. The van der Waals surface area contributed by atoms with Gasteiger partial charge in [-0.1, -0.05) is 22.0 Å². The van der Waals surface area contributed by atoms with Crippen LogP contribution in [-0.2, 0) is 9.59 Å². The number of rotatable bonds is 1. The largest absolute Gasteiger partial charge is 0.269 e. The lowest BCUT2D eigenvalue weighted by atomic mass is 10.3. The van der Waals surface area contributed by atoms with Crippen LogP contribution < -0.4 is 4.90 Å². The van der Waals surface area contributed by atoms with Gasteiger partial charge >= 0.3 is 0 Å². The third-order valence-electron chi connectivity index (χ3n) is 1.88. The quantitative estimate of drug-likeness (QED) is 0.715. The molecule has 2 amide bonds. The van der Waals surface area contributed by atoms with Crippen LogP contribution in [0.15, 0.2) is 40.9 Å². The molecule has 0 radical (unpaired) electrons. The molecule has 0 aliphatic carbocycles. The Labute approximate surface area is 89.1 Å². The maximum atomic E-state index is 11.3. The lowest BCUT2D eigenvalue weighted by Crippen LogP contribution is -2.29. The molecule has 0 saturated heterocycles. The van der Waals surface area contributed by atoms with Gasteiger partial charge in [0.05, 0.1) is 5.69 Å². The van der Waals surface area contributed by atoms with Gasteiger partial charge in [-0.25, -0.2) is 4.90 Å². The molecule has 0 unspecified atom stereocenters. The number of nitrogens with zero attached hydrogens (tertiary/aromatic N) is 1. The fraction of sp³-hybridized carbons (Fsp3) is 0. The first-order valence-corrected chi connectivity index (χ1v) is 4.79. The third kappa shape index (κ3) is 1.48. The Kier molecular flexibility index (Phi) is 2.21. The fourth-order valence-corrected chi connectivity index (χ4v) is 1.66. The first-order chi connectivity index (χ1) is 6.68. The number of carbonyl (C=O) groups is 2. The highest BCUT2D eigenvalue weighted by Gasteiger charge is 2.24. The van der Waals surface area contributed by atoms with Crippen molar-refractivity contribution in [2.75, 3.05) is 4.90 Å². The van der Waals surface area contributed by atoms with E-state index in [0.29, 0.717) is 5.69 Å². The lowest BCUT2D eigenvalue weighted by molar-refractivity contribution is -0.119. The summed E-state index contributed by atoms with van der Waals surface area (Å²) in [7, 11) is 0. The summed E-state index contributed by atoms with van der Waals surface area (Å²) in [4.78, 5) is 23.7. The summed E-state index contributed by atoms with van der Waals surface area (Å²) >= 11 is 3.28. The number of imide groups is 1. The molecule has 1 aliphatic rings. The van der Waals surface area contributed by atoms with Crippen LogP contribution in [0.1, 0.15) is 0 Å². The van der Waals surface area contributed by atoms with E-state index in [0.717, 1.165) is 9.37 Å². The fourth-order valence-electron chi connectivity index (χ4n) is 1.27. The minimum atomic E-state index is -0.298. The zero-order chi connectivity index (χ0) is 10.1. The lowest BCUT2D eigenvalue weighted by Gasteiger charge is -2.13. The molecule has 0 bridgehead atoms. The van der Waals surface area contributed by atoms with Gasteiger partial charge in [-0.05, 0) is 18.2 Å². The van der Waals surface area contributed by atoms with E-state index in [1.807, 2.05) is 6.07 Å². The van der Waals surface area contributed by atoms with E-state index in [1.165, 1.54) is 12.2 Å². The average molecular weight is 252 g/mol. The van der Waals surface area contributed by atoms with E-state index >= 15 is 0 Å². The highest BCUT2D eigenvalue weighted by Crippen LogP contribution is 2.22. The van der Waals surface area contributed by atoms with Gasteiger partial charge in [-0.15, -0.1) is 0 Å². The summed E-state index contributed by atoms with van der Waals surface area (Å²) in [6.07, 6.45) is 2.53. The van der Waals surface area contributed by atoms with E-state index in [4.69, 9.17) is 0 Å². The Morgan fingerprint density at radius 1 is 1.07 bits per heavy atom. The molecule has 0 N–H and O–H groups in total. The maximum absolute atomic E-state index is 11.3. The molecule has 0 atom stereocenters. The Morgan fingerprint density at radius 2 is 1.71 bits per heavy atom. The van der Waals surface area contributed by atoms with E-state index in [1.54, 1.807) is 18.2 Å². The van der Waals surface area contributed by atoms with Crippen molar-refractivity contribution >= 4 is 33.4 Å². The highest BCUT2D eigenvalue weighted by atomic mass is 79.9. The number of halogens is 1. The molecule has 0 fully saturated rings. The van der Waals surface area contributed by atoms with Crippen molar-refractivity contribution < 1.29 is 9.59 Å². The first kappa shape index (κ1) is 9.15. The van der Waals surface area contributed by atoms with Crippen LogP contribution >= 0.6 is 15.9 Å². The molecular weight excluding hydrogens is 246 g/mol. The van der Waals surface area contributed by atoms with E-state index < -0.39 is 0 Å². The number of carbonyl (C=O) groups excluding carboxylic acids is 2. The SMILES string of the molecule is O=C1C=CC(=O)N1c1cccc(Br)c1. The topological polar surface area (TPSA) is 37.4 Å². The molecule has 0 saturated carbocycles. The smallest absolute Gasteiger partial charge is 0.258 e. The molecule has 2 rings (SSSR count). The van der Waals surface area contributed by atoms with Crippen LogP contribution in [0, 0.1) is 0 Å². The van der Waals surface area contributed by atoms with Crippen molar-refractivity contribution in [2.45, 2.75) is 0 Å². The third-order valence-corrected chi connectivity index (χ3v) is 2.37. The van der Waals surface area contributed by atoms with Crippen LogP contribution in [0.2, 0.25) is 0 Å². The number of benzene rings is 1. The Balaban J connectivity index is 2.41. The molecule has 1 aromatic rings. The number of amides is 2. The standard InChI is InChI=1S/C10H6BrNO2/c11-7-2-1-3-8(6-7)12-9(13)4-5-10(12)14/h1-6H. The zero-order valence-electron chi connectivity index (χ0n) is 7.11. The van der Waals surface area contributed by atoms with Gasteiger partial charge in [0.25, 0.3) is 11.8 Å². The summed E-state index contributed by atoms with van der Waals surface area (Å²) in [5.74, 6) is -0.596. The van der Waals surface area contributed by atoms with Gasteiger partial charge in [-0.3, -0.25) is 9.59 Å².